The average molecular weight is 352 g/mol. The van der Waals surface area contributed by atoms with E-state index in [2.05, 4.69) is 5.32 Å². The van der Waals surface area contributed by atoms with Crippen LogP contribution in [-0.4, -0.2) is 49.8 Å². The van der Waals surface area contributed by atoms with Crippen molar-refractivity contribution >= 4 is 17.6 Å². The highest BCUT2D eigenvalue weighted by molar-refractivity contribution is 5.87. The molecule has 9 heteroatoms. The third-order valence-corrected chi connectivity index (χ3v) is 3.92. The van der Waals surface area contributed by atoms with Crippen molar-refractivity contribution in [3.8, 4) is 5.75 Å². The predicted molar refractivity (Wildman–Crippen MR) is 86.3 cm³/mol. The van der Waals surface area contributed by atoms with Crippen molar-refractivity contribution in [2.24, 2.45) is 0 Å². The smallest absolute Gasteiger partial charge is 0.328 e. The third kappa shape index (κ3) is 4.66. The summed E-state index contributed by atoms with van der Waals surface area (Å²) in [7, 11) is 2.63. The summed E-state index contributed by atoms with van der Waals surface area (Å²) in [5.41, 5.74) is 0.282. The quantitative estimate of drug-likeness (QED) is 0.441. The number of carbonyl (C=O) groups is 2. The molecule has 0 radical (unpaired) electrons. The van der Waals surface area contributed by atoms with Crippen molar-refractivity contribution in [1.82, 2.24) is 5.32 Å². The number of nitrogens with one attached hydrogen (secondary N) is 1. The zero-order valence-corrected chi connectivity index (χ0v) is 14.0. The zero-order valence-electron chi connectivity index (χ0n) is 14.0. The average Bonchev–Trinajstić information content (AvgIpc) is 3.15. The Morgan fingerprint density at radius 2 is 2.20 bits per heavy atom. The molecule has 0 aromatic heterocycles. The van der Waals surface area contributed by atoms with Crippen LogP contribution >= 0.6 is 0 Å². The van der Waals surface area contributed by atoms with Crippen LogP contribution in [0.25, 0.3) is 0 Å². The molecule has 9 nitrogen and oxygen atoms in total. The van der Waals surface area contributed by atoms with Crippen molar-refractivity contribution in [2.75, 3.05) is 20.8 Å². The maximum atomic E-state index is 12.2. The largest absolute Gasteiger partial charge is 0.496 e. The molecule has 0 aliphatic carbocycles. The third-order valence-electron chi connectivity index (χ3n) is 3.92. The number of hydrogen-bond acceptors (Lipinski definition) is 7. The SMILES string of the molecule is COC(=O)[C@@H](Cc1cc([N+](=O)[O-])ccc1OC)NC(=O)[C@H]1CCCO1. The van der Waals surface area contributed by atoms with Crippen LogP contribution in [0.2, 0.25) is 0 Å². The highest BCUT2D eigenvalue weighted by Gasteiger charge is 2.30. The topological polar surface area (TPSA) is 117 Å². The number of ether oxygens (including phenoxy) is 3. The van der Waals surface area contributed by atoms with Crippen molar-refractivity contribution in [1.29, 1.82) is 0 Å². The standard InChI is InChI=1S/C16H20N2O7/c1-23-13-6-5-11(18(21)22)8-10(13)9-12(16(20)24-2)17-15(19)14-4-3-7-25-14/h5-6,8,12,14H,3-4,7,9H2,1-2H3,(H,17,19)/t12-,14-/m1/s1. The highest BCUT2D eigenvalue weighted by atomic mass is 16.6. The van der Waals surface area contributed by atoms with Gasteiger partial charge in [-0.25, -0.2) is 4.79 Å². The van der Waals surface area contributed by atoms with Crippen molar-refractivity contribution in [3.05, 3.63) is 33.9 Å². The molecule has 1 aliphatic rings. The number of carbonyl (C=O) groups excluding carboxylic acids is 2. The van der Waals surface area contributed by atoms with Gasteiger partial charge in [0.2, 0.25) is 5.91 Å². The van der Waals surface area contributed by atoms with Gasteiger partial charge in [-0.1, -0.05) is 0 Å². The van der Waals surface area contributed by atoms with Crippen molar-refractivity contribution < 1.29 is 28.7 Å². The monoisotopic (exact) mass is 352 g/mol. The summed E-state index contributed by atoms with van der Waals surface area (Å²) in [4.78, 5) is 34.7. The minimum absolute atomic E-state index is 0.00398. The van der Waals surface area contributed by atoms with Crippen LogP contribution in [0, 0.1) is 10.1 Å². The van der Waals surface area contributed by atoms with Crippen LogP contribution in [0.3, 0.4) is 0 Å². The van der Waals surface area contributed by atoms with Gasteiger partial charge in [-0.3, -0.25) is 14.9 Å². The Bertz CT molecular complexity index is 656. The van der Waals surface area contributed by atoms with E-state index in [9.17, 15) is 19.7 Å². The Balaban J connectivity index is 2.21. The summed E-state index contributed by atoms with van der Waals surface area (Å²) >= 11 is 0. The van der Waals surface area contributed by atoms with E-state index >= 15 is 0 Å². The first-order chi connectivity index (χ1) is 12.0. The molecule has 0 spiro atoms. The van der Waals surface area contributed by atoms with Crippen LogP contribution in [-0.2, 0) is 25.5 Å². The second kappa shape index (κ2) is 8.43. The molecular weight excluding hydrogens is 332 g/mol. The van der Waals surface area contributed by atoms with Gasteiger partial charge in [0, 0.05) is 30.7 Å². The number of methoxy groups -OCH3 is 2. The van der Waals surface area contributed by atoms with Gasteiger partial charge in [-0.2, -0.15) is 0 Å². The maximum absolute atomic E-state index is 12.2. The molecule has 2 rings (SSSR count). The van der Waals surface area contributed by atoms with Crippen LogP contribution in [0.4, 0.5) is 5.69 Å². The minimum Gasteiger partial charge on any atom is -0.496 e. The number of esters is 1. The summed E-state index contributed by atoms with van der Waals surface area (Å²) in [6.45, 7) is 0.500. The summed E-state index contributed by atoms with van der Waals surface area (Å²) in [6.07, 6.45) is 0.759. The van der Waals surface area contributed by atoms with Crippen LogP contribution in [0.15, 0.2) is 18.2 Å². The van der Waals surface area contributed by atoms with Gasteiger partial charge in [0.25, 0.3) is 5.69 Å². The molecular formula is C16H20N2O7. The molecule has 1 aromatic rings. The molecule has 136 valence electrons. The molecule has 1 N–H and O–H groups in total. The molecule has 0 saturated carbocycles. The van der Waals surface area contributed by atoms with E-state index in [1.165, 1.54) is 32.4 Å². The Morgan fingerprint density at radius 3 is 2.76 bits per heavy atom. The lowest BCUT2D eigenvalue weighted by Crippen LogP contribution is -2.47. The van der Waals surface area contributed by atoms with E-state index in [1.807, 2.05) is 0 Å². The number of benzene rings is 1. The summed E-state index contributed by atoms with van der Waals surface area (Å²) in [5.74, 6) is -0.678. The summed E-state index contributed by atoms with van der Waals surface area (Å²) in [5, 5.41) is 13.6. The molecule has 1 aliphatic heterocycles. The number of nitro benzene ring substituents is 1. The molecule has 1 aromatic carbocycles. The lowest BCUT2D eigenvalue weighted by molar-refractivity contribution is -0.384. The molecule has 1 saturated heterocycles. The number of amides is 1. The maximum Gasteiger partial charge on any atom is 0.328 e. The van der Waals surface area contributed by atoms with Gasteiger partial charge in [0.05, 0.1) is 19.1 Å². The van der Waals surface area contributed by atoms with E-state index in [0.29, 0.717) is 24.3 Å². The Hall–Kier alpha value is -2.68. The first kappa shape index (κ1) is 18.7. The second-order valence-electron chi connectivity index (χ2n) is 5.54. The molecule has 25 heavy (non-hydrogen) atoms. The lowest BCUT2D eigenvalue weighted by atomic mass is 10.0. The van der Waals surface area contributed by atoms with Gasteiger partial charge in [0.1, 0.15) is 17.9 Å². The van der Waals surface area contributed by atoms with Gasteiger partial charge in [0.15, 0.2) is 0 Å². The fourth-order valence-electron chi connectivity index (χ4n) is 2.64. The number of hydrogen-bond donors (Lipinski definition) is 1. The molecule has 0 bridgehead atoms. The summed E-state index contributed by atoms with van der Waals surface area (Å²) in [6, 6.07) is 3.06. The second-order valence-corrected chi connectivity index (χ2v) is 5.54. The van der Waals surface area contributed by atoms with E-state index in [0.717, 1.165) is 6.42 Å². The molecule has 1 fully saturated rings. The molecule has 1 amide bonds. The number of nitro groups is 1. The van der Waals surface area contributed by atoms with Crippen LogP contribution in [0.1, 0.15) is 18.4 Å². The number of non-ortho nitro benzene ring substituents is 1. The highest BCUT2D eigenvalue weighted by Crippen LogP contribution is 2.25. The van der Waals surface area contributed by atoms with Crippen molar-refractivity contribution in [2.45, 2.75) is 31.4 Å². The Labute approximate surface area is 144 Å². The van der Waals surface area contributed by atoms with Crippen molar-refractivity contribution in [3.63, 3.8) is 0 Å². The lowest BCUT2D eigenvalue weighted by Gasteiger charge is -2.19. The first-order valence-electron chi connectivity index (χ1n) is 7.77. The Morgan fingerprint density at radius 1 is 1.44 bits per heavy atom. The van der Waals surface area contributed by atoms with Gasteiger partial charge in [-0.15, -0.1) is 0 Å². The van der Waals surface area contributed by atoms with E-state index in [1.54, 1.807) is 0 Å². The fraction of sp³-hybridized carbons (Fsp3) is 0.500. The van der Waals surface area contributed by atoms with Gasteiger partial charge >= 0.3 is 5.97 Å². The number of rotatable bonds is 7. The van der Waals surface area contributed by atoms with Crippen LogP contribution < -0.4 is 10.1 Å². The van der Waals surface area contributed by atoms with Gasteiger partial charge in [-0.05, 0) is 18.9 Å². The molecule has 0 unspecified atom stereocenters. The molecule has 1 heterocycles. The van der Waals surface area contributed by atoms with E-state index < -0.39 is 28.9 Å². The first-order valence-corrected chi connectivity index (χ1v) is 7.77. The Kier molecular flexibility index (Phi) is 6.29. The predicted octanol–water partition coefficient (Wildman–Crippen LogP) is 0.983. The van der Waals surface area contributed by atoms with E-state index in [4.69, 9.17) is 14.2 Å². The molecule has 2 atom stereocenters. The van der Waals surface area contributed by atoms with E-state index in [-0.39, 0.29) is 12.1 Å². The van der Waals surface area contributed by atoms with Crippen LogP contribution in [0.5, 0.6) is 5.75 Å². The minimum atomic E-state index is -1.00. The fourth-order valence-corrected chi connectivity index (χ4v) is 2.64. The normalized spacial score (nSPS) is 17.6. The number of nitrogens with zero attached hydrogens (tertiary/aromatic N) is 1. The summed E-state index contributed by atoms with van der Waals surface area (Å²) < 4.78 is 15.2. The zero-order chi connectivity index (χ0) is 18.4. The van der Waals surface area contributed by atoms with Gasteiger partial charge < -0.3 is 19.5 Å².